The number of ether oxygens (including phenoxy) is 1. The van der Waals surface area contributed by atoms with Gasteiger partial charge in [0.1, 0.15) is 17.9 Å². The van der Waals surface area contributed by atoms with Gasteiger partial charge in [-0.25, -0.2) is 4.79 Å². The minimum absolute atomic E-state index is 0.00890. The zero-order valence-electron chi connectivity index (χ0n) is 13.3. The molecule has 1 aromatic carbocycles. The number of hydrogen-bond donors (Lipinski definition) is 2. The highest BCUT2D eigenvalue weighted by molar-refractivity contribution is 5.83. The van der Waals surface area contributed by atoms with E-state index in [0.29, 0.717) is 6.42 Å². The van der Waals surface area contributed by atoms with Crippen molar-refractivity contribution in [3.05, 3.63) is 29.8 Å². The summed E-state index contributed by atoms with van der Waals surface area (Å²) in [6.07, 6.45) is 2.15. The second-order valence-corrected chi connectivity index (χ2v) is 6.58. The average Bonchev–Trinajstić information content (AvgIpc) is 2.44. The maximum atomic E-state index is 12.4. The number of hydrogen-bond acceptors (Lipinski definition) is 4. The number of nitrogens with one attached hydrogen (secondary N) is 1. The molecule has 1 aromatic rings. The molecule has 1 fully saturated rings. The maximum absolute atomic E-state index is 12.4. The van der Waals surface area contributed by atoms with Crippen molar-refractivity contribution in [1.29, 1.82) is 0 Å². The Morgan fingerprint density at radius 1 is 1.36 bits per heavy atom. The molecule has 22 heavy (non-hydrogen) atoms. The smallest absolute Gasteiger partial charge is 0.329 e. The van der Waals surface area contributed by atoms with Gasteiger partial charge in [0.05, 0.1) is 0 Å². The van der Waals surface area contributed by atoms with Crippen molar-refractivity contribution in [2.45, 2.75) is 52.2 Å². The van der Waals surface area contributed by atoms with E-state index in [-0.39, 0.29) is 23.2 Å². The second kappa shape index (κ2) is 6.38. The molecule has 0 aliphatic heterocycles. The van der Waals surface area contributed by atoms with Gasteiger partial charge in [0.2, 0.25) is 5.91 Å². The molecule has 0 radical (unpaired) electrons. The summed E-state index contributed by atoms with van der Waals surface area (Å²) in [6.45, 7) is 5.52. The molecule has 1 aliphatic rings. The summed E-state index contributed by atoms with van der Waals surface area (Å²) >= 11 is 0. The molecule has 1 unspecified atom stereocenters. The van der Waals surface area contributed by atoms with Gasteiger partial charge in [0.25, 0.3) is 0 Å². The number of phenols is 1. The molecule has 2 rings (SSSR count). The van der Waals surface area contributed by atoms with Gasteiger partial charge in [-0.3, -0.25) is 4.79 Å². The summed E-state index contributed by atoms with van der Waals surface area (Å²) in [5, 5.41) is 11.9. The predicted molar refractivity (Wildman–Crippen MR) is 82.3 cm³/mol. The number of benzene rings is 1. The molecular formula is C17H23NO4. The first-order valence-corrected chi connectivity index (χ1v) is 7.53. The fourth-order valence-electron chi connectivity index (χ4n) is 2.59. The monoisotopic (exact) mass is 305 g/mol. The number of phenolic OH excluding ortho intramolecular Hbond substituents is 1. The van der Waals surface area contributed by atoms with E-state index in [4.69, 9.17) is 4.74 Å². The largest absolute Gasteiger partial charge is 0.508 e. The summed E-state index contributed by atoms with van der Waals surface area (Å²) in [7, 11) is 0. The van der Waals surface area contributed by atoms with E-state index in [1.165, 1.54) is 6.92 Å². The van der Waals surface area contributed by atoms with Crippen LogP contribution in [0.2, 0.25) is 0 Å². The Bertz CT molecular complexity index is 550. The number of amides is 1. The number of esters is 1. The zero-order chi connectivity index (χ0) is 16.3. The van der Waals surface area contributed by atoms with Crippen molar-refractivity contribution in [3.8, 4) is 5.75 Å². The van der Waals surface area contributed by atoms with Crippen LogP contribution in [-0.2, 0) is 20.7 Å². The normalized spacial score (nSPS) is 20.6. The van der Waals surface area contributed by atoms with Crippen molar-refractivity contribution < 1.29 is 19.4 Å². The molecule has 120 valence electrons. The molecule has 2 N–H and O–H groups in total. The van der Waals surface area contributed by atoms with Crippen molar-refractivity contribution >= 4 is 11.9 Å². The highest BCUT2D eigenvalue weighted by Gasteiger charge is 2.42. The minimum atomic E-state index is -0.710. The van der Waals surface area contributed by atoms with Crippen molar-refractivity contribution in [2.75, 3.05) is 0 Å². The molecule has 1 saturated carbocycles. The van der Waals surface area contributed by atoms with Gasteiger partial charge < -0.3 is 15.2 Å². The number of rotatable bonds is 5. The van der Waals surface area contributed by atoms with Crippen molar-refractivity contribution in [2.24, 2.45) is 5.41 Å². The van der Waals surface area contributed by atoms with Crippen LogP contribution >= 0.6 is 0 Å². The maximum Gasteiger partial charge on any atom is 0.329 e. The predicted octanol–water partition coefficient (Wildman–Crippen LogP) is 2.17. The van der Waals surface area contributed by atoms with Gasteiger partial charge in [-0.1, -0.05) is 26.0 Å². The highest BCUT2D eigenvalue weighted by atomic mass is 16.5. The van der Waals surface area contributed by atoms with E-state index in [2.05, 4.69) is 19.2 Å². The Hall–Kier alpha value is -2.04. The first kappa shape index (κ1) is 16.3. The second-order valence-electron chi connectivity index (χ2n) is 6.58. The van der Waals surface area contributed by atoms with Gasteiger partial charge in [-0.05, 0) is 30.5 Å². The Morgan fingerprint density at radius 3 is 2.45 bits per heavy atom. The molecule has 1 aliphatic carbocycles. The third-order valence-corrected chi connectivity index (χ3v) is 4.22. The Morgan fingerprint density at radius 2 is 2.00 bits per heavy atom. The van der Waals surface area contributed by atoms with Crippen LogP contribution in [0.5, 0.6) is 5.75 Å². The molecule has 0 spiro atoms. The van der Waals surface area contributed by atoms with E-state index < -0.39 is 12.0 Å². The summed E-state index contributed by atoms with van der Waals surface area (Å²) in [4.78, 5) is 23.7. The summed E-state index contributed by atoms with van der Waals surface area (Å²) in [5.41, 5.74) is 0.857. The molecule has 0 aromatic heterocycles. The Kier molecular flexibility index (Phi) is 4.74. The standard InChI is InChI=1S/C17H23NO4/c1-11(19)18-14(10-12-4-6-13(20)7-5-12)16(21)22-15-8-9-17(15,2)3/h4-7,14-15,20H,8-10H2,1-3H3,(H,18,19)/t14-,15?/m0/s1. The van der Waals surface area contributed by atoms with Crippen LogP contribution in [0.4, 0.5) is 0 Å². The zero-order valence-corrected chi connectivity index (χ0v) is 13.3. The van der Waals surface area contributed by atoms with E-state index in [1.807, 2.05) is 0 Å². The number of carbonyl (C=O) groups excluding carboxylic acids is 2. The average molecular weight is 305 g/mol. The van der Waals surface area contributed by atoms with Crippen LogP contribution in [0.1, 0.15) is 39.2 Å². The van der Waals surface area contributed by atoms with Gasteiger partial charge >= 0.3 is 5.97 Å². The van der Waals surface area contributed by atoms with Gasteiger partial charge in [-0.15, -0.1) is 0 Å². The number of carbonyl (C=O) groups is 2. The highest BCUT2D eigenvalue weighted by Crippen LogP contribution is 2.42. The van der Waals surface area contributed by atoms with Crippen LogP contribution in [0, 0.1) is 5.41 Å². The molecule has 5 nitrogen and oxygen atoms in total. The topological polar surface area (TPSA) is 75.6 Å². The summed E-state index contributed by atoms with van der Waals surface area (Å²) < 4.78 is 5.56. The van der Waals surface area contributed by atoms with Crippen LogP contribution < -0.4 is 5.32 Å². The molecular weight excluding hydrogens is 282 g/mol. The SMILES string of the molecule is CC(=O)N[C@@H](Cc1ccc(O)cc1)C(=O)OC1CCC1(C)C. The molecule has 5 heteroatoms. The molecule has 1 amide bonds. The fraction of sp³-hybridized carbons (Fsp3) is 0.529. The van der Waals surface area contributed by atoms with Crippen LogP contribution in [0.15, 0.2) is 24.3 Å². The fourth-order valence-corrected chi connectivity index (χ4v) is 2.59. The van der Waals surface area contributed by atoms with Crippen LogP contribution in [-0.4, -0.2) is 29.1 Å². The van der Waals surface area contributed by atoms with E-state index in [9.17, 15) is 14.7 Å². The summed E-state index contributed by atoms with van der Waals surface area (Å²) in [6, 6.07) is 5.86. The lowest BCUT2D eigenvalue weighted by Crippen LogP contribution is -2.49. The van der Waals surface area contributed by atoms with Gasteiger partial charge in [0, 0.05) is 18.8 Å². The van der Waals surface area contributed by atoms with Crippen molar-refractivity contribution in [1.82, 2.24) is 5.32 Å². The van der Waals surface area contributed by atoms with Gasteiger partial charge in [0.15, 0.2) is 0 Å². The molecule has 2 atom stereocenters. The van der Waals surface area contributed by atoms with E-state index in [1.54, 1.807) is 24.3 Å². The van der Waals surface area contributed by atoms with E-state index >= 15 is 0 Å². The van der Waals surface area contributed by atoms with Crippen LogP contribution in [0.3, 0.4) is 0 Å². The lowest BCUT2D eigenvalue weighted by molar-refractivity contribution is -0.168. The summed E-state index contributed by atoms with van der Waals surface area (Å²) in [5.74, 6) is -0.506. The molecule has 0 saturated heterocycles. The molecule has 0 heterocycles. The lowest BCUT2D eigenvalue weighted by Gasteiger charge is -2.43. The lowest BCUT2D eigenvalue weighted by atomic mass is 9.69. The minimum Gasteiger partial charge on any atom is -0.508 e. The third kappa shape index (κ3) is 4.00. The third-order valence-electron chi connectivity index (χ3n) is 4.22. The van der Waals surface area contributed by atoms with Crippen molar-refractivity contribution in [3.63, 3.8) is 0 Å². The van der Waals surface area contributed by atoms with Crippen LogP contribution in [0.25, 0.3) is 0 Å². The first-order valence-electron chi connectivity index (χ1n) is 7.53. The number of aromatic hydroxyl groups is 1. The quantitative estimate of drug-likeness (QED) is 0.818. The first-order chi connectivity index (χ1) is 10.3. The molecule has 0 bridgehead atoms. The van der Waals surface area contributed by atoms with Gasteiger partial charge in [-0.2, -0.15) is 0 Å². The Balaban J connectivity index is 2.03. The Labute approximate surface area is 130 Å². The van der Waals surface area contributed by atoms with E-state index in [0.717, 1.165) is 18.4 Å².